The molecule has 0 bridgehead atoms. The third-order valence-electron chi connectivity index (χ3n) is 7.71. The summed E-state index contributed by atoms with van der Waals surface area (Å²) in [5, 5.41) is 22.6. The summed E-state index contributed by atoms with van der Waals surface area (Å²) in [7, 11) is 0. The first kappa shape index (κ1) is 26.2. The van der Waals surface area contributed by atoms with Crippen molar-refractivity contribution in [1.82, 2.24) is 4.98 Å². The molecule has 3 aromatic rings. The summed E-state index contributed by atoms with van der Waals surface area (Å²) in [5.74, 6) is -0.573. The zero-order valence-electron chi connectivity index (χ0n) is 22.3. The number of fused-ring (bicyclic) bond motifs is 1. The predicted molar refractivity (Wildman–Crippen MR) is 145 cm³/mol. The normalized spacial score (nSPS) is 20.2. The molecular formula is C31H35FN2O4. The van der Waals surface area contributed by atoms with Gasteiger partial charge < -0.3 is 20.3 Å². The van der Waals surface area contributed by atoms with E-state index >= 15 is 4.39 Å². The van der Waals surface area contributed by atoms with Gasteiger partial charge in [-0.15, -0.1) is 0 Å². The maximum Gasteiger partial charge on any atom is 0.307 e. The number of halogens is 1. The molecule has 0 aliphatic heterocycles. The van der Waals surface area contributed by atoms with Gasteiger partial charge in [0.05, 0.1) is 36.1 Å². The van der Waals surface area contributed by atoms with E-state index in [2.05, 4.69) is 10.3 Å². The second-order valence-corrected chi connectivity index (χ2v) is 11.3. The molecule has 0 unspecified atom stereocenters. The molecule has 1 fully saturated rings. The van der Waals surface area contributed by atoms with Gasteiger partial charge in [-0.3, -0.25) is 9.78 Å². The number of aliphatic carboxylic acids is 1. The van der Waals surface area contributed by atoms with Crippen molar-refractivity contribution < 1.29 is 24.1 Å². The van der Waals surface area contributed by atoms with E-state index in [4.69, 9.17) is 4.74 Å². The van der Waals surface area contributed by atoms with E-state index in [1.165, 1.54) is 0 Å². The summed E-state index contributed by atoms with van der Waals surface area (Å²) in [5.41, 5.74) is 6.81. The SMILES string of the molecule is Cc1cc(OCCC(C)(C)O)cc(C)c1-c1ccc(F)c2c1CC[C@H]2Nc1ccc([C@@H]2C[C@H]2C(=O)O)nc1. The minimum atomic E-state index is -0.776. The quantitative estimate of drug-likeness (QED) is 0.307. The van der Waals surface area contributed by atoms with Crippen molar-refractivity contribution in [3.63, 3.8) is 0 Å². The number of hydrogen-bond acceptors (Lipinski definition) is 5. The van der Waals surface area contributed by atoms with Gasteiger partial charge in [0.25, 0.3) is 0 Å². The largest absolute Gasteiger partial charge is 0.493 e. The van der Waals surface area contributed by atoms with Crippen LogP contribution in [0.4, 0.5) is 10.1 Å². The second kappa shape index (κ2) is 10.0. The number of rotatable bonds is 9. The number of pyridine rings is 1. The summed E-state index contributed by atoms with van der Waals surface area (Å²) in [6, 6.07) is 11.1. The number of carboxylic acid groups (broad SMARTS) is 1. The monoisotopic (exact) mass is 518 g/mol. The van der Waals surface area contributed by atoms with E-state index < -0.39 is 11.6 Å². The Morgan fingerprint density at radius 3 is 2.53 bits per heavy atom. The van der Waals surface area contributed by atoms with Gasteiger partial charge in [-0.1, -0.05) is 6.07 Å². The molecule has 2 aliphatic rings. The zero-order valence-corrected chi connectivity index (χ0v) is 22.3. The Morgan fingerprint density at radius 2 is 1.92 bits per heavy atom. The van der Waals surface area contributed by atoms with Crippen LogP contribution in [0.3, 0.4) is 0 Å². The Bertz CT molecular complexity index is 1340. The van der Waals surface area contributed by atoms with Crippen LogP contribution in [0.2, 0.25) is 0 Å². The Kier molecular flexibility index (Phi) is 6.90. The van der Waals surface area contributed by atoms with Gasteiger partial charge in [0, 0.05) is 23.6 Å². The molecule has 0 amide bonds. The fourth-order valence-electron chi connectivity index (χ4n) is 5.65. The lowest BCUT2D eigenvalue weighted by atomic mass is 9.90. The molecule has 0 radical (unpaired) electrons. The molecule has 2 aromatic carbocycles. The number of nitrogens with zero attached hydrogens (tertiary/aromatic N) is 1. The van der Waals surface area contributed by atoms with Crippen LogP contribution >= 0.6 is 0 Å². The summed E-state index contributed by atoms with van der Waals surface area (Å²) in [6.07, 6.45) is 4.42. The molecule has 1 heterocycles. The molecule has 0 saturated heterocycles. The smallest absolute Gasteiger partial charge is 0.307 e. The van der Waals surface area contributed by atoms with Gasteiger partial charge in [-0.05, 0) is 105 Å². The molecule has 38 heavy (non-hydrogen) atoms. The van der Waals surface area contributed by atoms with Crippen LogP contribution in [0.5, 0.6) is 5.75 Å². The minimum Gasteiger partial charge on any atom is -0.493 e. The number of aromatic nitrogens is 1. The van der Waals surface area contributed by atoms with Crippen molar-refractivity contribution in [1.29, 1.82) is 0 Å². The van der Waals surface area contributed by atoms with E-state index in [0.29, 0.717) is 25.0 Å². The van der Waals surface area contributed by atoms with Crippen LogP contribution in [0.1, 0.15) is 73.0 Å². The number of hydrogen-bond donors (Lipinski definition) is 3. The predicted octanol–water partition coefficient (Wildman–Crippen LogP) is 6.33. The first-order valence-corrected chi connectivity index (χ1v) is 13.2. The summed E-state index contributed by atoms with van der Waals surface area (Å²) < 4.78 is 21.1. The molecule has 1 saturated carbocycles. The second-order valence-electron chi connectivity index (χ2n) is 11.3. The highest BCUT2D eigenvalue weighted by Crippen LogP contribution is 2.47. The summed E-state index contributed by atoms with van der Waals surface area (Å²) in [4.78, 5) is 15.6. The Balaban J connectivity index is 1.36. The van der Waals surface area contributed by atoms with E-state index in [0.717, 1.165) is 57.8 Å². The van der Waals surface area contributed by atoms with Gasteiger partial charge in [0.15, 0.2) is 0 Å². The highest BCUT2D eigenvalue weighted by Gasteiger charge is 2.45. The van der Waals surface area contributed by atoms with Crippen LogP contribution in [0.15, 0.2) is 42.6 Å². The first-order valence-electron chi connectivity index (χ1n) is 13.2. The number of ether oxygens (including phenoxy) is 1. The van der Waals surface area contributed by atoms with Crippen molar-refractivity contribution in [3.8, 4) is 16.9 Å². The molecule has 1 aromatic heterocycles. The number of nitrogens with one attached hydrogen (secondary N) is 1. The van der Waals surface area contributed by atoms with E-state index in [1.54, 1.807) is 26.1 Å². The van der Waals surface area contributed by atoms with Gasteiger partial charge in [0.1, 0.15) is 11.6 Å². The fraction of sp³-hybridized carbons (Fsp3) is 0.419. The van der Waals surface area contributed by atoms with Crippen LogP contribution in [-0.4, -0.2) is 33.4 Å². The van der Waals surface area contributed by atoms with E-state index in [-0.39, 0.29) is 23.7 Å². The highest BCUT2D eigenvalue weighted by molar-refractivity contribution is 5.77. The van der Waals surface area contributed by atoms with Gasteiger partial charge in [-0.25, -0.2) is 4.39 Å². The summed E-state index contributed by atoms with van der Waals surface area (Å²) in [6.45, 7) is 8.06. The van der Waals surface area contributed by atoms with Crippen LogP contribution < -0.4 is 10.1 Å². The van der Waals surface area contributed by atoms with E-state index in [1.807, 2.05) is 44.2 Å². The van der Waals surface area contributed by atoms with Gasteiger partial charge >= 0.3 is 5.97 Å². The van der Waals surface area contributed by atoms with Crippen LogP contribution in [0.25, 0.3) is 11.1 Å². The molecule has 5 rings (SSSR count). The standard InChI is InChI=1S/C31H35FN2O4/c1-17-13-20(38-12-11-31(3,4)37)14-18(2)28(17)21-6-8-25(32)29-22(21)7-10-27(29)34-19-5-9-26(33-16-19)23-15-24(23)30(35)36/h5-6,8-9,13-14,16,23-24,27,34,37H,7,10-12,15H2,1-4H3,(H,35,36)/t23-,24-,27-/m1/s1. The highest BCUT2D eigenvalue weighted by atomic mass is 19.1. The average molecular weight is 519 g/mol. The van der Waals surface area contributed by atoms with Gasteiger partial charge in [0.2, 0.25) is 0 Å². The summed E-state index contributed by atoms with van der Waals surface area (Å²) >= 11 is 0. The number of aliphatic hydroxyl groups is 1. The van der Waals surface area contributed by atoms with Crippen LogP contribution in [0, 0.1) is 25.6 Å². The molecule has 0 spiro atoms. The zero-order chi connectivity index (χ0) is 27.2. The van der Waals surface area contributed by atoms with Crippen molar-refractivity contribution in [2.75, 3.05) is 11.9 Å². The maximum absolute atomic E-state index is 15.2. The molecule has 200 valence electrons. The topological polar surface area (TPSA) is 91.7 Å². The number of anilines is 1. The van der Waals surface area contributed by atoms with E-state index in [9.17, 15) is 15.0 Å². The maximum atomic E-state index is 15.2. The average Bonchev–Trinajstić information content (AvgIpc) is 3.54. The van der Waals surface area contributed by atoms with Gasteiger partial charge in [-0.2, -0.15) is 0 Å². The number of benzene rings is 2. The number of carbonyl (C=O) groups is 1. The fourth-order valence-corrected chi connectivity index (χ4v) is 5.65. The first-order chi connectivity index (χ1) is 18.0. The Morgan fingerprint density at radius 1 is 1.18 bits per heavy atom. The number of aryl methyl sites for hydroxylation is 2. The van der Waals surface area contributed by atoms with Crippen molar-refractivity contribution >= 4 is 11.7 Å². The third-order valence-corrected chi connectivity index (χ3v) is 7.71. The van der Waals surface area contributed by atoms with Crippen LogP contribution in [-0.2, 0) is 11.2 Å². The Hall–Kier alpha value is -3.45. The lowest BCUT2D eigenvalue weighted by Gasteiger charge is -2.20. The minimum absolute atomic E-state index is 0.0152. The van der Waals surface area contributed by atoms with Crippen molar-refractivity contribution in [3.05, 3.63) is 76.4 Å². The lowest BCUT2D eigenvalue weighted by molar-refractivity contribution is -0.138. The molecule has 6 nitrogen and oxygen atoms in total. The molecule has 3 atom stereocenters. The molecule has 3 N–H and O–H groups in total. The lowest BCUT2D eigenvalue weighted by Crippen LogP contribution is -2.21. The number of carboxylic acids is 1. The molecule has 7 heteroatoms. The van der Waals surface area contributed by atoms with Crippen molar-refractivity contribution in [2.24, 2.45) is 5.92 Å². The third kappa shape index (κ3) is 5.39. The molecular weight excluding hydrogens is 483 g/mol. The Labute approximate surface area is 222 Å². The molecule has 2 aliphatic carbocycles. The van der Waals surface area contributed by atoms with Crippen molar-refractivity contribution in [2.45, 2.75) is 70.9 Å².